The maximum absolute atomic E-state index is 5.35. The van der Waals surface area contributed by atoms with Crippen molar-refractivity contribution in [3.05, 3.63) is 0 Å². The van der Waals surface area contributed by atoms with Gasteiger partial charge in [0.15, 0.2) is 0 Å². The van der Waals surface area contributed by atoms with Crippen LogP contribution in [0.1, 0.15) is 19.8 Å². The first kappa shape index (κ1) is 9.88. The molecule has 0 aromatic carbocycles. The minimum Gasteiger partial charge on any atom is -0.330 e. The lowest BCUT2D eigenvalue weighted by Gasteiger charge is -2.16. The molecule has 0 saturated carbocycles. The molecule has 0 aromatic heterocycles. The Labute approximate surface area is 63.5 Å². The number of hydrogen-bond donors (Lipinski definition) is 2. The lowest BCUT2D eigenvalue weighted by atomic mass is 10.4. The van der Waals surface area contributed by atoms with E-state index in [1.54, 1.807) is 0 Å². The van der Waals surface area contributed by atoms with Gasteiger partial charge in [-0.25, -0.2) is 5.01 Å². The molecule has 0 radical (unpaired) electrons. The van der Waals surface area contributed by atoms with Gasteiger partial charge in [0.2, 0.25) is 0 Å². The first-order valence-corrected chi connectivity index (χ1v) is 3.96. The Balaban J connectivity index is 3.00. The lowest BCUT2D eigenvalue weighted by molar-refractivity contribution is 0.234. The summed E-state index contributed by atoms with van der Waals surface area (Å²) >= 11 is 0. The molecule has 0 fully saturated rings. The van der Waals surface area contributed by atoms with Crippen molar-refractivity contribution in [2.24, 2.45) is 5.73 Å². The number of nitrogens with one attached hydrogen (secondary N) is 1. The molecule has 0 unspecified atom stereocenters. The Morgan fingerprint density at radius 2 is 2.20 bits per heavy atom. The Morgan fingerprint density at radius 1 is 1.50 bits per heavy atom. The minimum atomic E-state index is 0.776. The molecule has 0 rings (SSSR count). The highest BCUT2D eigenvalue weighted by Gasteiger charge is 1.92. The average Bonchev–Trinajstić information content (AvgIpc) is 1.97. The number of hydrogen-bond acceptors (Lipinski definition) is 3. The Bertz CT molecular complexity index is 57.9. The van der Waals surface area contributed by atoms with Crippen LogP contribution in [0.15, 0.2) is 0 Å². The summed E-state index contributed by atoms with van der Waals surface area (Å²) < 4.78 is 0. The van der Waals surface area contributed by atoms with Gasteiger partial charge in [-0.3, -0.25) is 5.43 Å². The molecule has 0 spiro atoms. The van der Waals surface area contributed by atoms with Gasteiger partial charge in [0.25, 0.3) is 0 Å². The molecule has 0 atom stereocenters. The second-order valence-corrected chi connectivity index (χ2v) is 2.47. The SMILES string of the molecule is CCCNN(C)CCCN. The summed E-state index contributed by atoms with van der Waals surface area (Å²) in [6.45, 7) is 5.03. The van der Waals surface area contributed by atoms with Crippen molar-refractivity contribution in [2.45, 2.75) is 19.8 Å². The molecule has 0 heterocycles. The van der Waals surface area contributed by atoms with Gasteiger partial charge in [0.05, 0.1) is 0 Å². The highest BCUT2D eigenvalue weighted by atomic mass is 15.5. The van der Waals surface area contributed by atoms with Crippen LogP contribution in [-0.2, 0) is 0 Å². The van der Waals surface area contributed by atoms with Crippen LogP contribution in [0.3, 0.4) is 0 Å². The van der Waals surface area contributed by atoms with E-state index in [1.807, 2.05) is 7.05 Å². The van der Waals surface area contributed by atoms with Crippen LogP contribution in [0.4, 0.5) is 0 Å². The number of nitrogens with zero attached hydrogens (tertiary/aromatic N) is 1. The molecule has 0 aliphatic carbocycles. The number of hydrazine groups is 1. The fourth-order valence-corrected chi connectivity index (χ4v) is 0.710. The second kappa shape index (κ2) is 6.99. The first-order chi connectivity index (χ1) is 4.81. The van der Waals surface area contributed by atoms with Crippen molar-refractivity contribution < 1.29 is 0 Å². The van der Waals surface area contributed by atoms with E-state index in [9.17, 15) is 0 Å². The first-order valence-electron chi connectivity index (χ1n) is 3.96. The summed E-state index contributed by atoms with van der Waals surface area (Å²) in [7, 11) is 2.05. The van der Waals surface area contributed by atoms with Gasteiger partial charge < -0.3 is 5.73 Å². The monoisotopic (exact) mass is 145 g/mol. The highest BCUT2D eigenvalue weighted by Crippen LogP contribution is 1.80. The van der Waals surface area contributed by atoms with Crippen LogP contribution in [0.5, 0.6) is 0 Å². The van der Waals surface area contributed by atoms with E-state index >= 15 is 0 Å². The quantitative estimate of drug-likeness (QED) is 0.524. The summed E-state index contributed by atoms with van der Waals surface area (Å²) in [6.07, 6.45) is 2.24. The van der Waals surface area contributed by atoms with Gasteiger partial charge in [0, 0.05) is 20.1 Å². The predicted octanol–water partition coefficient (Wildman–Crippen LogP) is 0.182. The van der Waals surface area contributed by atoms with Gasteiger partial charge in [-0.15, -0.1) is 0 Å². The minimum absolute atomic E-state index is 0.776. The largest absolute Gasteiger partial charge is 0.330 e. The standard InChI is InChI=1S/C7H19N3/c1-3-6-9-10(2)7-4-5-8/h9H,3-8H2,1-2H3. The van der Waals surface area contributed by atoms with E-state index in [4.69, 9.17) is 5.73 Å². The number of rotatable bonds is 6. The zero-order chi connectivity index (χ0) is 7.82. The summed E-state index contributed by atoms with van der Waals surface area (Å²) in [4.78, 5) is 0. The summed E-state index contributed by atoms with van der Waals surface area (Å²) in [5.74, 6) is 0. The maximum atomic E-state index is 5.35. The van der Waals surface area contributed by atoms with Crippen molar-refractivity contribution in [2.75, 3.05) is 26.7 Å². The molecule has 3 heteroatoms. The van der Waals surface area contributed by atoms with Crippen LogP contribution in [0.25, 0.3) is 0 Å². The third-order valence-corrected chi connectivity index (χ3v) is 1.33. The summed E-state index contributed by atoms with van der Waals surface area (Å²) in [6, 6.07) is 0. The molecule has 0 amide bonds. The maximum Gasteiger partial charge on any atom is 0.0139 e. The van der Waals surface area contributed by atoms with Gasteiger partial charge in [-0.05, 0) is 19.4 Å². The molecule has 62 valence electrons. The van der Waals surface area contributed by atoms with Gasteiger partial charge in [0.1, 0.15) is 0 Å². The third-order valence-electron chi connectivity index (χ3n) is 1.33. The third kappa shape index (κ3) is 6.01. The molecule has 0 saturated heterocycles. The molecule has 10 heavy (non-hydrogen) atoms. The van der Waals surface area contributed by atoms with Crippen molar-refractivity contribution in [1.82, 2.24) is 10.4 Å². The molecular formula is C7H19N3. The second-order valence-electron chi connectivity index (χ2n) is 2.47. The predicted molar refractivity (Wildman–Crippen MR) is 44.6 cm³/mol. The van der Waals surface area contributed by atoms with Crippen molar-refractivity contribution in [3.63, 3.8) is 0 Å². The normalized spacial score (nSPS) is 10.8. The Hall–Kier alpha value is -0.120. The van der Waals surface area contributed by atoms with Crippen LogP contribution < -0.4 is 11.2 Å². The van der Waals surface area contributed by atoms with Gasteiger partial charge in [-0.1, -0.05) is 6.92 Å². The molecule has 3 nitrogen and oxygen atoms in total. The Kier molecular flexibility index (Phi) is 6.91. The fourth-order valence-electron chi connectivity index (χ4n) is 0.710. The summed E-state index contributed by atoms with van der Waals surface area (Å²) in [5.41, 5.74) is 8.60. The van der Waals surface area contributed by atoms with Gasteiger partial charge in [-0.2, -0.15) is 0 Å². The van der Waals surface area contributed by atoms with Crippen molar-refractivity contribution >= 4 is 0 Å². The number of nitrogens with two attached hydrogens (primary N) is 1. The lowest BCUT2D eigenvalue weighted by Crippen LogP contribution is -2.36. The van der Waals surface area contributed by atoms with E-state index in [2.05, 4.69) is 17.4 Å². The van der Waals surface area contributed by atoms with Crippen molar-refractivity contribution in [3.8, 4) is 0 Å². The van der Waals surface area contributed by atoms with Gasteiger partial charge >= 0.3 is 0 Å². The zero-order valence-electron chi connectivity index (χ0n) is 7.06. The Morgan fingerprint density at radius 3 is 2.70 bits per heavy atom. The zero-order valence-corrected chi connectivity index (χ0v) is 7.06. The van der Waals surface area contributed by atoms with E-state index in [0.29, 0.717) is 0 Å². The molecule has 0 bridgehead atoms. The van der Waals surface area contributed by atoms with Crippen LogP contribution in [0.2, 0.25) is 0 Å². The summed E-state index contributed by atoms with van der Waals surface area (Å²) in [5, 5.41) is 2.09. The van der Waals surface area contributed by atoms with E-state index in [1.165, 1.54) is 6.42 Å². The topological polar surface area (TPSA) is 41.3 Å². The molecule has 0 aliphatic rings. The molecule has 0 aromatic rings. The fraction of sp³-hybridized carbons (Fsp3) is 1.00. The van der Waals surface area contributed by atoms with Crippen LogP contribution in [0, 0.1) is 0 Å². The smallest absolute Gasteiger partial charge is 0.0139 e. The van der Waals surface area contributed by atoms with Crippen molar-refractivity contribution in [1.29, 1.82) is 0 Å². The van der Waals surface area contributed by atoms with E-state index in [-0.39, 0.29) is 0 Å². The van der Waals surface area contributed by atoms with Crippen LogP contribution >= 0.6 is 0 Å². The van der Waals surface area contributed by atoms with E-state index in [0.717, 1.165) is 26.1 Å². The highest BCUT2D eigenvalue weighted by molar-refractivity contribution is 4.45. The molecule has 0 aliphatic heterocycles. The molecule has 3 N–H and O–H groups in total. The molecular weight excluding hydrogens is 126 g/mol. The van der Waals surface area contributed by atoms with Crippen LogP contribution in [-0.4, -0.2) is 31.7 Å². The average molecular weight is 145 g/mol. The van der Waals surface area contributed by atoms with E-state index < -0.39 is 0 Å².